The molecule has 1 amide bonds. The van der Waals surface area contributed by atoms with Gasteiger partial charge in [-0.1, -0.05) is 13.3 Å². The molecule has 0 saturated heterocycles. The Bertz CT molecular complexity index is 1190. The molecule has 4 rings (SSSR count). The van der Waals surface area contributed by atoms with Gasteiger partial charge in [-0.3, -0.25) is 4.79 Å². The fourth-order valence-electron chi connectivity index (χ4n) is 3.07. The Morgan fingerprint density at radius 1 is 1.03 bits per heavy atom. The smallest absolute Gasteiger partial charge is 0.255 e. The zero-order valence-electron chi connectivity index (χ0n) is 18.6. The third kappa shape index (κ3) is 5.94. The van der Waals surface area contributed by atoms with E-state index in [2.05, 4.69) is 27.3 Å². The second kappa shape index (κ2) is 10.4. The van der Waals surface area contributed by atoms with Crippen LogP contribution in [0.3, 0.4) is 0 Å². The molecule has 0 aliphatic heterocycles. The molecule has 0 aliphatic rings. The van der Waals surface area contributed by atoms with Crippen LogP contribution in [0.2, 0.25) is 0 Å². The molecule has 8 nitrogen and oxygen atoms in total. The number of hydrogen-bond acceptors (Lipinski definition) is 6. The second-order valence-corrected chi connectivity index (χ2v) is 7.37. The van der Waals surface area contributed by atoms with Crippen molar-refractivity contribution < 1.29 is 14.3 Å². The largest absolute Gasteiger partial charge is 0.494 e. The van der Waals surface area contributed by atoms with E-state index in [4.69, 9.17) is 9.47 Å². The van der Waals surface area contributed by atoms with E-state index < -0.39 is 0 Å². The number of benzene rings is 2. The van der Waals surface area contributed by atoms with Gasteiger partial charge < -0.3 is 14.8 Å². The fraction of sp³-hybridized carbons (Fsp3) is 0.200. The highest BCUT2D eigenvalue weighted by Gasteiger charge is 2.09. The zero-order valence-corrected chi connectivity index (χ0v) is 18.6. The number of hydrogen-bond donors (Lipinski definition) is 1. The van der Waals surface area contributed by atoms with Gasteiger partial charge in [0.25, 0.3) is 5.91 Å². The number of nitrogens with zero attached hydrogens (tertiary/aromatic N) is 4. The monoisotopic (exact) mass is 443 g/mol. The Morgan fingerprint density at radius 3 is 2.48 bits per heavy atom. The molecular weight excluding hydrogens is 418 g/mol. The molecule has 168 valence electrons. The number of rotatable bonds is 9. The number of aromatic nitrogens is 4. The molecule has 0 saturated carbocycles. The number of amides is 1. The number of anilines is 1. The summed E-state index contributed by atoms with van der Waals surface area (Å²) in [7, 11) is 0. The summed E-state index contributed by atoms with van der Waals surface area (Å²) in [5.41, 5.74) is 1.22. The molecule has 33 heavy (non-hydrogen) atoms. The summed E-state index contributed by atoms with van der Waals surface area (Å²) in [5, 5.41) is 7.07. The van der Waals surface area contributed by atoms with Gasteiger partial charge in [-0.15, -0.1) is 0 Å². The van der Waals surface area contributed by atoms with Crippen LogP contribution < -0.4 is 14.8 Å². The summed E-state index contributed by atoms with van der Waals surface area (Å²) in [6, 6.07) is 17.7. The minimum absolute atomic E-state index is 0.195. The average Bonchev–Trinajstić information content (AvgIpc) is 3.36. The second-order valence-electron chi connectivity index (χ2n) is 7.37. The Morgan fingerprint density at radius 2 is 1.79 bits per heavy atom. The molecular formula is C25H25N5O3. The first-order chi connectivity index (χ1) is 16.1. The van der Waals surface area contributed by atoms with Crippen LogP contribution in [0.1, 0.15) is 35.9 Å². The molecule has 0 spiro atoms. The van der Waals surface area contributed by atoms with Crippen molar-refractivity contribution in [3.63, 3.8) is 0 Å². The van der Waals surface area contributed by atoms with Crippen LogP contribution in [0.15, 0.2) is 73.1 Å². The van der Waals surface area contributed by atoms with Crippen LogP contribution in [0.4, 0.5) is 5.69 Å². The molecule has 0 atom stereocenters. The number of aryl methyl sites for hydroxylation is 1. The Hall–Kier alpha value is -4.20. The first-order valence-corrected chi connectivity index (χ1v) is 10.8. The topological polar surface area (TPSA) is 91.2 Å². The van der Waals surface area contributed by atoms with Crippen molar-refractivity contribution in [2.45, 2.75) is 26.7 Å². The van der Waals surface area contributed by atoms with Gasteiger partial charge in [0.2, 0.25) is 5.88 Å². The summed E-state index contributed by atoms with van der Waals surface area (Å²) in [5.74, 6) is 2.75. The predicted molar refractivity (Wildman–Crippen MR) is 125 cm³/mol. The molecule has 2 heterocycles. The lowest BCUT2D eigenvalue weighted by atomic mass is 10.2. The maximum Gasteiger partial charge on any atom is 0.255 e. The van der Waals surface area contributed by atoms with E-state index in [1.165, 1.54) is 0 Å². The molecule has 2 aromatic carbocycles. The maximum atomic E-state index is 12.5. The van der Waals surface area contributed by atoms with E-state index in [-0.39, 0.29) is 5.91 Å². The lowest BCUT2D eigenvalue weighted by Crippen LogP contribution is -2.11. The highest BCUT2D eigenvalue weighted by molar-refractivity contribution is 6.04. The standard InChI is InChI=1S/C25H25N5O3/c1-3-4-16-32-21-10-6-19(7-11-21)25(31)29-20-8-12-22(13-9-20)33-24-17-23(27-18(2)28-24)30-15-5-14-26-30/h5-15,17H,3-4,16H2,1-2H3,(H,29,31). The van der Waals surface area contributed by atoms with Crippen LogP contribution in [-0.2, 0) is 0 Å². The fourth-order valence-corrected chi connectivity index (χ4v) is 3.07. The molecule has 0 aliphatic carbocycles. The van der Waals surface area contributed by atoms with Gasteiger partial charge in [0.15, 0.2) is 5.82 Å². The van der Waals surface area contributed by atoms with Gasteiger partial charge in [0, 0.05) is 29.7 Å². The molecule has 0 bridgehead atoms. The van der Waals surface area contributed by atoms with E-state index in [0.717, 1.165) is 18.6 Å². The molecule has 1 N–H and O–H groups in total. The molecule has 8 heteroatoms. The van der Waals surface area contributed by atoms with E-state index in [1.54, 1.807) is 66.5 Å². The predicted octanol–water partition coefficient (Wildman–Crippen LogP) is 5.19. The van der Waals surface area contributed by atoms with Crippen LogP contribution in [0.5, 0.6) is 17.4 Å². The summed E-state index contributed by atoms with van der Waals surface area (Å²) in [6.45, 7) is 4.59. The Labute approximate surface area is 192 Å². The SMILES string of the molecule is CCCCOc1ccc(C(=O)Nc2ccc(Oc3cc(-n4cccn4)nc(C)n3)cc2)cc1. The highest BCUT2D eigenvalue weighted by Crippen LogP contribution is 2.23. The van der Waals surface area contributed by atoms with Crippen molar-refractivity contribution in [3.05, 3.63) is 84.4 Å². The summed E-state index contributed by atoms with van der Waals surface area (Å²) >= 11 is 0. The zero-order chi connectivity index (χ0) is 23.0. The van der Waals surface area contributed by atoms with Crippen molar-refractivity contribution in [1.29, 1.82) is 0 Å². The van der Waals surface area contributed by atoms with Crippen LogP contribution in [0, 0.1) is 6.92 Å². The minimum atomic E-state index is -0.195. The minimum Gasteiger partial charge on any atom is -0.494 e. The first-order valence-electron chi connectivity index (χ1n) is 10.8. The summed E-state index contributed by atoms with van der Waals surface area (Å²) < 4.78 is 13.2. The third-order valence-corrected chi connectivity index (χ3v) is 4.76. The number of carbonyl (C=O) groups excluding carboxylic acids is 1. The van der Waals surface area contributed by atoms with E-state index >= 15 is 0 Å². The van der Waals surface area contributed by atoms with Gasteiger partial charge in [-0.2, -0.15) is 10.1 Å². The Balaban J connectivity index is 1.37. The highest BCUT2D eigenvalue weighted by atomic mass is 16.5. The van der Waals surface area contributed by atoms with Crippen LogP contribution in [0.25, 0.3) is 5.82 Å². The van der Waals surface area contributed by atoms with E-state index in [9.17, 15) is 4.79 Å². The number of nitrogens with one attached hydrogen (secondary N) is 1. The third-order valence-electron chi connectivity index (χ3n) is 4.76. The van der Waals surface area contributed by atoms with Crippen molar-refractivity contribution in [1.82, 2.24) is 19.7 Å². The molecule has 0 radical (unpaired) electrons. The number of unbranched alkanes of at least 4 members (excludes halogenated alkanes) is 1. The average molecular weight is 444 g/mol. The lowest BCUT2D eigenvalue weighted by molar-refractivity contribution is 0.102. The summed E-state index contributed by atoms with van der Waals surface area (Å²) in [6.07, 6.45) is 5.57. The van der Waals surface area contributed by atoms with Crippen LogP contribution >= 0.6 is 0 Å². The van der Waals surface area contributed by atoms with Crippen LogP contribution in [-0.4, -0.2) is 32.3 Å². The first kappa shape index (κ1) is 22.0. The lowest BCUT2D eigenvalue weighted by Gasteiger charge is -2.10. The number of carbonyl (C=O) groups is 1. The normalized spacial score (nSPS) is 10.6. The van der Waals surface area contributed by atoms with Crippen molar-refractivity contribution >= 4 is 11.6 Å². The van der Waals surface area contributed by atoms with E-state index in [0.29, 0.717) is 41.1 Å². The Kier molecular flexibility index (Phi) is 6.94. The molecule has 4 aromatic rings. The molecule has 0 unspecified atom stereocenters. The van der Waals surface area contributed by atoms with Gasteiger partial charge in [0.1, 0.15) is 17.3 Å². The van der Waals surface area contributed by atoms with Crippen molar-refractivity contribution in [2.75, 3.05) is 11.9 Å². The van der Waals surface area contributed by atoms with Gasteiger partial charge in [-0.25, -0.2) is 9.67 Å². The molecule has 2 aromatic heterocycles. The number of ether oxygens (including phenoxy) is 2. The van der Waals surface area contributed by atoms with Gasteiger partial charge in [0.05, 0.1) is 6.61 Å². The van der Waals surface area contributed by atoms with Gasteiger partial charge >= 0.3 is 0 Å². The van der Waals surface area contributed by atoms with Crippen molar-refractivity contribution in [3.8, 4) is 23.2 Å². The van der Waals surface area contributed by atoms with Gasteiger partial charge in [-0.05, 0) is 67.9 Å². The molecule has 0 fully saturated rings. The van der Waals surface area contributed by atoms with E-state index in [1.807, 2.05) is 18.2 Å². The quantitative estimate of drug-likeness (QED) is 0.358. The maximum absolute atomic E-state index is 12.5. The summed E-state index contributed by atoms with van der Waals surface area (Å²) in [4.78, 5) is 21.2. The van der Waals surface area contributed by atoms with Crippen molar-refractivity contribution in [2.24, 2.45) is 0 Å².